The van der Waals surface area contributed by atoms with Crippen LogP contribution in [-0.2, 0) is 0 Å². The number of aliphatic hydroxyl groups excluding tert-OH is 1. The molecule has 0 bridgehead atoms. The first-order valence-electron chi connectivity index (χ1n) is 11.4. The summed E-state index contributed by atoms with van der Waals surface area (Å²) in [4.78, 5) is 14.2. The summed E-state index contributed by atoms with van der Waals surface area (Å²) in [5, 5.41) is 13.5. The Hall–Kier alpha value is -1.89. The second kappa shape index (κ2) is 9.72. The van der Waals surface area contributed by atoms with Gasteiger partial charge in [0.2, 0.25) is 0 Å². The summed E-state index contributed by atoms with van der Waals surface area (Å²) >= 11 is 6.46. The number of benzene rings is 1. The van der Waals surface area contributed by atoms with Gasteiger partial charge < -0.3 is 20.2 Å². The third-order valence-electron chi connectivity index (χ3n) is 6.78. The number of anilines is 2. The number of aryl methyl sites for hydroxylation is 2. The highest BCUT2D eigenvalue weighted by Crippen LogP contribution is 2.34. The Balaban J connectivity index is 1.38. The monoisotopic (exact) mass is 443 g/mol. The molecular weight excluding hydrogens is 410 g/mol. The Kier molecular flexibility index (Phi) is 6.99. The van der Waals surface area contributed by atoms with Gasteiger partial charge in [0.1, 0.15) is 11.6 Å². The van der Waals surface area contributed by atoms with Crippen molar-refractivity contribution >= 4 is 23.2 Å². The number of hydrogen-bond acceptors (Lipinski definition) is 6. The number of hydrogen-bond donors (Lipinski definition) is 2. The van der Waals surface area contributed by atoms with Crippen molar-refractivity contribution < 1.29 is 5.11 Å². The Morgan fingerprint density at radius 2 is 2.03 bits per heavy atom. The van der Waals surface area contributed by atoms with E-state index in [0.29, 0.717) is 5.92 Å². The van der Waals surface area contributed by atoms with E-state index in [0.717, 1.165) is 72.1 Å². The number of aromatic nitrogens is 2. The van der Waals surface area contributed by atoms with E-state index in [1.807, 2.05) is 26.1 Å². The zero-order chi connectivity index (χ0) is 22.0. The predicted molar refractivity (Wildman–Crippen MR) is 127 cm³/mol. The molecule has 2 saturated heterocycles. The Morgan fingerprint density at radius 3 is 2.77 bits per heavy atom. The van der Waals surface area contributed by atoms with E-state index in [9.17, 15) is 5.11 Å². The van der Waals surface area contributed by atoms with Crippen LogP contribution in [0.5, 0.6) is 0 Å². The molecule has 6 nitrogen and oxygen atoms in total. The first-order valence-corrected chi connectivity index (χ1v) is 11.8. The minimum absolute atomic E-state index is 0.0419. The lowest BCUT2D eigenvalue weighted by Gasteiger charge is -2.47. The third kappa shape index (κ3) is 5.13. The van der Waals surface area contributed by atoms with Gasteiger partial charge in [0.15, 0.2) is 0 Å². The fourth-order valence-electron chi connectivity index (χ4n) is 4.81. The van der Waals surface area contributed by atoms with Crippen LogP contribution < -0.4 is 10.2 Å². The normalized spacial score (nSPS) is 21.1. The molecular formula is C24H34ClN5O. The SMILES string of the molecule is Cc1ccc(C(C)Nc2nc(N3CC(C4CCCN(CCO)C4)C3)cnc2C)c(Cl)c1. The average Bonchev–Trinajstić information content (AvgIpc) is 2.70. The van der Waals surface area contributed by atoms with E-state index in [4.69, 9.17) is 16.6 Å². The van der Waals surface area contributed by atoms with Crippen molar-refractivity contribution in [3.05, 3.63) is 46.2 Å². The van der Waals surface area contributed by atoms with E-state index in [-0.39, 0.29) is 12.6 Å². The van der Waals surface area contributed by atoms with Crippen LogP contribution in [-0.4, -0.2) is 59.3 Å². The summed E-state index contributed by atoms with van der Waals surface area (Å²) in [6, 6.07) is 6.20. The van der Waals surface area contributed by atoms with Gasteiger partial charge in [-0.15, -0.1) is 0 Å². The lowest BCUT2D eigenvalue weighted by atomic mass is 9.80. The van der Waals surface area contributed by atoms with Crippen molar-refractivity contribution in [3.8, 4) is 0 Å². The summed E-state index contributed by atoms with van der Waals surface area (Å²) < 4.78 is 0. The van der Waals surface area contributed by atoms with Crippen LogP contribution in [0.4, 0.5) is 11.6 Å². The zero-order valence-corrected chi connectivity index (χ0v) is 19.6. The molecule has 2 atom stereocenters. The highest BCUT2D eigenvalue weighted by molar-refractivity contribution is 6.31. The predicted octanol–water partition coefficient (Wildman–Crippen LogP) is 4.06. The Morgan fingerprint density at radius 1 is 1.23 bits per heavy atom. The van der Waals surface area contributed by atoms with Crippen LogP contribution in [0.3, 0.4) is 0 Å². The van der Waals surface area contributed by atoms with Gasteiger partial charge >= 0.3 is 0 Å². The number of β-amino-alcohol motifs (C(OH)–C–C–N with tert-alkyl or cyclic N) is 1. The van der Waals surface area contributed by atoms with E-state index >= 15 is 0 Å². The summed E-state index contributed by atoms with van der Waals surface area (Å²) in [6.07, 6.45) is 4.42. The van der Waals surface area contributed by atoms with E-state index < -0.39 is 0 Å². The van der Waals surface area contributed by atoms with Crippen molar-refractivity contribution in [1.29, 1.82) is 0 Å². The van der Waals surface area contributed by atoms with E-state index in [1.165, 1.54) is 12.8 Å². The van der Waals surface area contributed by atoms with Crippen molar-refractivity contribution in [3.63, 3.8) is 0 Å². The molecule has 2 aliphatic heterocycles. The highest BCUT2D eigenvalue weighted by atomic mass is 35.5. The minimum Gasteiger partial charge on any atom is -0.395 e. The van der Waals surface area contributed by atoms with Crippen LogP contribution in [0.15, 0.2) is 24.4 Å². The average molecular weight is 444 g/mol. The largest absolute Gasteiger partial charge is 0.395 e. The maximum atomic E-state index is 9.24. The molecule has 0 radical (unpaired) electrons. The van der Waals surface area contributed by atoms with Gasteiger partial charge in [-0.3, -0.25) is 4.98 Å². The molecule has 3 heterocycles. The molecule has 2 aliphatic rings. The second-order valence-electron chi connectivity index (χ2n) is 9.14. The molecule has 1 aromatic heterocycles. The summed E-state index contributed by atoms with van der Waals surface area (Å²) in [5.41, 5.74) is 3.11. The number of nitrogens with one attached hydrogen (secondary N) is 1. The fourth-order valence-corrected chi connectivity index (χ4v) is 5.21. The van der Waals surface area contributed by atoms with Crippen LogP contribution in [0.2, 0.25) is 5.02 Å². The fraction of sp³-hybridized carbons (Fsp3) is 0.583. The van der Waals surface area contributed by atoms with Crippen LogP contribution in [0.25, 0.3) is 0 Å². The molecule has 168 valence electrons. The molecule has 4 rings (SSSR count). The van der Waals surface area contributed by atoms with Crippen molar-refractivity contribution in [2.24, 2.45) is 11.8 Å². The summed E-state index contributed by atoms with van der Waals surface area (Å²) in [5.74, 6) is 3.18. The molecule has 7 heteroatoms. The Bertz CT molecular complexity index is 900. The van der Waals surface area contributed by atoms with Crippen LogP contribution >= 0.6 is 11.6 Å². The Labute approximate surface area is 190 Å². The summed E-state index contributed by atoms with van der Waals surface area (Å²) in [6.45, 7) is 11.5. The third-order valence-corrected chi connectivity index (χ3v) is 7.10. The lowest BCUT2D eigenvalue weighted by molar-refractivity contribution is 0.101. The standard InChI is InChI=1S/C24H34ClN5O/c1-16-6-7-21(22(25)11-16)17(2)27-24-18(3)26-12-23(28-24)30-14-20(15-30)19-5-4-8-29(13-19)9-10-31/h6-7,11-12,17,19-20,31H,4-5,8-10,13-15H2,1-3H3,(H,27,28). The molecule has 2 N–H and O–H groups in total. The van der Waals surface area contributed by atoms with E-state index in [2.05, 4.69) is 39.2 Å². The number of likely N-dealkylation sites (tertiary alicyclic amines) is 1. The van der Waals surface area contributed by atoms with Gasteiger partial charge in [-0.2, -0.15) is 0 Å². The highest BCUT2D eigenvalue weighted by Gasteiger charge is 2.36. The van der Waals surface area contributed by atoms with Gasteiger partial charge in [-0.25, -0.2) is 4.98 Å². The first-order chi connectivity index (χ1) is 14.9. The first kappa shape index (κ1) is 22.3. The van der Waals surface area contributed by atoms with Gasteiger partial charge in [0, 0.05) is 31.2 Å². The lowest BCUT2D eigenvalue weighted by Crippen LogP contribution is -2.54. The second-order valence-corrected chi connectivity index (χ2v) is 9.55. The molecule has 1 aromatic carbocycles. The van der Waals surface area contributed by atoms with Crippen molar-refractivity contribution in [2.75, 3.05) is 49.5 Å². The molecule has 0 spiro atoms. The smallest absolute Gasteiger partial charge is 0.150 e. The maximum absolute atomic E-state index is 9.24. The van der Waals surface area contributed by atoms with Gasteiger partial charge in [-0.1, -0.05) is 23.7 Å². The molecule has 2 aromatic rings. The zero-order valence-electron chi connectivity index (χ0n) is 18.8. The molecule has 0 aliphatic carbocycles. The van der Waals surface area contributed by atoms with Gasteiger partial charge in [0.05, 0.1) is 24.5 Å². The number of aliphatic hydroxyl groups is 1. The molecule has 31 heavy (non-hydrogen) atoms. The summed E-state index contributed by atoms with van der Waals surface area (Å²) in [7, 11) is 0. The van der Waals surface area contributed by atoms with Gasteiger partial charge in [0.25, 0.3) is 0 Å². The molecule has 0 saturated carbocycles. The maximum Gasteiger partial charge on any atom is 0.150 e. The van der Waals surface area contributed by atoms with Crippen LogP contribution in [0.1, 0.15) is 42.6 Å². The van der Waals surface area contributed by atoms with E-state index in [1.54, 1.807) is 0 Å². The number of piperidine rings is 1. The van der Waals surface area contributed by atoms with Gasteiger partial charge in [-0.05, 0) is 69.2 Å². The number of nitrogens with zero attached hydrogens (tertiary/aromatic N) is 4. The topological polar surface area (TPSA) is 64.5 Å². The quantitative estimate of drug-likeness (QED) is 0.672. The van der Waals surface area contributed by atoms with Crippen molar-refractivity contribution in [1.82, 2.24) is 14.9 Å². The van der Waals surface area contributed by atoms with Crippen molar-refractivity contribution in [2.45, 2.75) is 39.7 Å². The molecule has 0 amide bonds. The minimum atomic E-state index is 0.0419. The number of rotatable bonds is 7. The molecule has 2 unspecified atom stereocenters. The molecule has 2 fully saturated rings. The number of halogens is 1. The van der Waals surface area contributed by atoms with Crippen LogP contribution in [0, 0.1) is 25.7 Å².